The summed E-state index contributed by atoms with van der Waals surface area (Å²) >= 11 is 0. The molecule has 3 rings (SSSR count). The van der Waals surface area contributed by atoms with E-state index < -0.39 is 0 Å². The molecule has 18 heavy (non-hydrogen) atoms. The highest BCUT2D eigenvalue weighted by Gasteiger charge is 2.62. The van der Waals surface area contributed by atoms with E-state index in [0.29, 0.717) is 23.4 Å². The molecule has 100 valence electrons. The van der Waals surface area contributed by atoms with Crippen LogP contribution in [0.4, 0.5) is 0 Å². The second-order valence-corrected chi connectivity index (χ2v) is 7.74. The minimum Gasteiger partial charge on any atom is -0.377 e. The Kier molecular flexibility index (Phi) is 2.59. The highest BCUT2D eigenvalue weighted by atomic mass is 16.5. The molecule has 0 amide bonds. The summed E-state index contributed by atoms with van der Waals surface area (Å²) in [4.78, 5) is 0. The minimum atomic E-state index is 0.233. The molecule has 3 atom stereocenters. The first-order chi connectivity index (χ1) is 8.44. The van der Waals surface area contributed by atoms with E-state index in [2.05, 4.69) is 26.8 Å². The third-order valence-electron chi connectivity index (χ3n) is 6.72. The Balaban J connectivity index is 1.64. The first-order valence-corrected chi connectivity index (χ1v) is 7.42. The van der Waals surface area contributed by atoms with Crippen LogP contribution < -0.4 is 0 Å². The Hall–Kier alpha value is -0.550. The van der Waals surface area contributed by atoms with Crippen LogP contribution in [0.25, 0.3) is 0 Å². The van der Waals surface area contributed by atoms with Gasteiger partial charge in [-0.25, -0.2) is 0 Å². The lowest BCUT2D eigenvalue weighted by atomic mass is 9.70. The summed E-state index contributed by atoms with van der Waals surface area (Å²) < 4.78 is 6.30. The molecule has 2 heteroatoms. The zero-order chi connectivity index (χ0) is 13.0. The second-order valence-electron chi connectivity index (χ2n) is 7.74. The van der Waals surface area contributed by atoms with Crippen LogP contribution in [0.15, 0.2) is 0 Å². The van der Waals surface area contributed by atoms with Gasteiger partial charge in [0.2, 0.25) is 0 Å². The van der Waals surface area contributed by atoms with Crippen LogP contribution >= 0.6 is 0 Å². The molecule has 0 aliphatic heterocycles. The number of rotatable bonds is 4. The molecule has 0 heterocycles. The summed E-state index contributed by atoms with van der Waals surface area (Å²) in [5.41, 5.74) is 1.03. The van der Waals surface area contributed by atoms with E-state index >= 15 is 0 Å². The molecule has 0 saturated heterocycles. The summed E-state index contributed by atoms with van der Waals surface area (Å²) in [6.07, 6.45) is 7.44. The molecule has 0 N–H and O–H groups in total. The average molecular weight is 247 g/mol. The normalized spacial score (nSPS) is 42.8. The number of hydrogen-bond donors (Lipinski definition) is 0. The maximum atomic E-state index is 8.87. The largest absolute Gasteiger partial charge is 0.377 e. The first-order valence-electron chi connectivity index (χ1n) is 7.42. The van der Waals surface area contributed by atoms with Crippen LogP contribution in [0, 0.1) is 33.5 Å². The molecule has 3 saturated carbocycles. The maximum Gasteiger partial charge on any atom is 0.0637 e. The van der Waals surface area contributed by atoms with Gasteiger partial charge in [0.05, 0.1) is 18.8 Å². The van der Waals surface area contributed by atoms with Crippen molar-refractivity contribution in [1.29, 1.82) is 5.26 Å². The minimum absolute atomic E-state index is 0.233. The Morgan fingerprint density at radius 3 is 2.39 bits per heavy atom. The van der Waals surface area contributed by atoms with E-state index in [-0.39, 0.29) is 5.41 Å². The van der Waals surface area contributed by atoms with Crippen LogP contribution in [0.2, 0.25) is 0 Å². The zero-order valence-corrected chi connectivity index (χ0v) is 12.0. The second kappa shape index (κ2) is 3.73. The average Bonchev–Trinajstić information content (AvgIpc) is 3.00. The van der Waals surface area contributed by atoms with Gasteiger partial charge >= 0.3 is 0 Å². The number of fused-ring (bicyclic) bond motifs is 2. The van der Waals surface area contributed by atoms with E-state index in [1.165, 1.54) is 32.1 Å². The Bertz CT molecular complexity index is 390. The van der Waals surface area contributed by atoms with Crippen molar-refractivity contribution in [1.82, 2.24) is 0 Å². The summed E-state index contributed by atoms with van der Waals surface area (Å²) in [5.74, 6) is 0.846. The van der Waals surface area contributed by atoms with Gasteiger partial charge in [-0.3, -0.25) is 0 Å². The highest BCUT2D eigenvalue weighted by Crippen LogP contribution is 2.66. The van der Waals surface area contributed by atoms with E-state index in [0.717, 1.165) is 12.5 Å². The van der Waals surface area contributed by atoms with Gasteiger partial charge in [0.15, 0.2) is 0 Å². The molecule has 0 aromatic heterocycles. The van der Waals surface area contributed by atoms with Gasteiger partial charge in [-0.05, 0) is 48.9 Å². The van der Waals surface area contributed by atoms with Gasteiger partial charge in [-0.2, -0.15) is 5.26 Å². The zero-order valence-electron chi connectivity index (χ0n) is 12.0. The van der Waals surface area contributed by atoms with Crippen molar-refractivity contribution >= 4 is 0 Å². The number of hydrogen-bond acceptors (Lipinski definition) is 2. The SMILES string of the molecule is CC1(C)C2CCC1(C)C(OCC1(CC#N)CC1)C2. The molecule has 3 fully saturated rings. The van der Waals surface area contributed by atoms with Gasteiger partial charge in [-0.15, -0.1) is 0 Å². The van der Waals surface area contributed by atoms with Crippen molar-refractivity contribution < 1.29 is 4.74 Å². The van der Waals surface area contributed by atoms with E-state index in [9.17, 15) is 0 Å². The number of nitriles is 1. The predicted molar refractivity (Wildman–Crippen MR) is 70.9 cm³/mol. The van der Waals surface area contributed by atoms with Gasteiger partial charge in [0.1, 0.15) is 0 Å². The van der Waals surface area contributed by atoms with Crippen LogP contribution in [0.3, 0.4) is 0 Å². The molecule has 0 aromatic rings. The third kappa shape index (κ3) is 1.56. The van der Waals surface area contributed by atoms with Crippen molar-refractivity contribution in [2.75, 3.05) is 6.61 Å². The molecule has 3 aliphatic rings. The van der Waals surface area contributed by atoms with Crippen LogP contribution in [0.1, 0.15) is 59.3 Å². The van der Waals surface area contributed by atoms with Crippen LogP contribution in [0.5, 0.6) is 0 Å². The monoisotopic (exact) mass is 247 g/mol. The molecule has 2 nitrogen and oxygen atoms in total. The van der Waals surface area contributed by atoms with Crippen molar-refractivity contribution in [3.63, 3.8) is 0 Å². The van der Waals surface area contributed by atoms with Crippen molar-refractivity contribution in [2.24, 2.45) is 22.2 Å². The summed E-state index contributed by atoms with van der Waals surface area (Å²) in [6, 6.07) is 2.33. The first kappa shape index (κ1) is 12.5. The molecule has 3 aliphatic carbocycles. The van der Waals surface area contributed by atoms with E-state index in [4.69, 9.17) is 10.00 Å². The Morgan fingerprint density at radius 1 is 1.22 bits per heavy atom. The van der Waals surface area contributed by atoms with Gasteiger partial charge < -0.3 is 4.74 Å². The quantitative estimate of drug-likeness (QED) is 0.754. The summed E-state index contributed by atoms with van der Waals surface area (Å²) in [6.45, 7) is 8.10. The van der Waals surface area contributed by atoms with Crippen LogP contribution in [-0.2, 0) is 4.74 Å². The molecular formula is C16H25NO. The molecular weight excluding hydrogens is 222 g/mol. The summed E-state index contributed by atoms with van der Waals surface area (Å²) in [5, 5.41) is 8.87. The lowest BCUT2D eigenvalue weighted by Gasteiger charge is -2.39. The van der Waals surface area contributed by atoms with Crippen LogP contribution in [-0.4, -0.2) is 12.7 Å². The molecule has 2 bridgehead atoms. The highest BCUT2D eigenvalue weighted by molar-refractivity contribution is 5.11. The number of nitrogens with zero attached hydrogens (tertiary/aromatic N) is 1. The van der Waals surface area contributed by atoms with Gasteiger partial charge in [0.25, 0.3) is 0 Å². The topological polar surface area (TPSA) is 33.0 Å². The van der Waals surface area contributed by atoms with Crippen molar-refractivity contribution in [3.05, 3.63) is 0 Å². The lowest BCUT2D eigenvalue weighted by Crippen LogP contribution is -2.38. The van der Waals surface area contributed by atoms with E-state index in [1.807, 2.05) is 0 Å². The molecule has 0 spiro atoms. The molecule has 3 unspecified atom stereocenters. The fraction of sp³-hybridized carbons (Fsp3) is 0.938. The van der Waals surface area contributed by atoms with Crippen molar-refractivity contribution in [3.8, 4) is 6.07 Å². The molecule has 0 radical (unpaired) electrons. The fourth-order valence-corrected chi connectivity index (χ4v) is 4.38. The van der Waals surface area contributed by atoms with E-state index in [1.54, 1.807) is 0 Å². The predicted octanol–water partition coefficient (Wildman–Crippen LogP) is 3.91. The summed E-state index contributed by atoms with van der Waals surface area (Å²) in [7, 11) is 0. The fourth-order valence-electron chi connectivity index (χ4n) is 4.38. The van der Waals surface area contributed by atoms with Gasteiger partial charge in [0, 0.05) is 11.8 Å². The standard InChI is InChI=1S/C16H25NO/c1-14(2)12-4-5-15(14,3)13(10-12)18-11-16(6-7-16)8-9-17/h12-13H,4-8,10-11H2,1-3H3. The Labute approximate surface area is 111 Å². The molecule has 0 aromatic carbocycles. The lowest BCUT2D eigenvalue weighted by molar-refractivity contribution is -0.0619. The van der Waals surface area contributed by atoms with Crippen molar-refractivity contribution in [2.45, 2.75) is 65.4 Å². The van der Waals surface area contributed by atoms with Gasteiger partial charge in [-0.1, -0.05) is 20.8 Å². The smallest absolute Gasteiger partial charge is 0.0637 e. The Morgan fingerprint density at radius 2 is 1.94 bits per heavy atom. The number of ether oxygens (including phenoxy) is 1. The third-order valence-corrected chi connectivity index (χ3v) is 6.72. The maximum absolute atomic E-state index is 8.87.